The standard InChI is InChI=1S/C12H12N2O2/c1-9(15)14-11-7-3-2-5-10(11)6-4-8-12(13)16/h2-3,5,7H,8H2,1H3,(H2,13,16)(H,14,15). The van der Waals surface area contributed by atoms with E-state index in [4.69, 9.17) is 5.73 Å². The maximum atomic E-state index is 10.9. The lowest BCUT2D eigenvalue weighted by molar-refractivity contribution is -0.117. The number of nitrogens with one attached hydrogen (secondary N) is 1. The minimum Gasteiger partial charge on any atom is -0.369 e. The Balaban J connectivity index is 2.89. The molecular formula is C12H12N2O2. The van der Waals surface area contributed by atoms with Gasteiger partial charge >= 0.3 is 0 Å². The van der Waals surface area contributed by atoms with Crippen LogP contribution in [0.15, 0.2) is 24.3 Å². The summed E-state index contributed by atoms with van der Waals surface area (Å²) in [5, 5.41) is 2.65. The van der Waals surface area contributed by atoms with E-state index in [9.17, 15) is 9.59 Å². The number of anilines is 1. The van der Waals surface area contributed by atoms with E-state index in [2.05, 4.69) is 17.2 Å². The first-order valence-corrected chi connectivity index (χ1v) is 4.73. The highest BCUT2D eigenvalue weighted by Gasteiger charge is 1.99. The Bertz CT molecular complexity index is 469. The minimum atomic E-state index is -0.468. The molecule has 4 nitrogen and oxygen atoms in total. The van der Waals surface area contributed by atoms with Gasteiger partial charge in [0.05, 0.1) is 12.1 Å². The van der Waals surface area contributed by atoms with Crippen LogP contribution in [0, 0.1) is 11.8 Å². The van der Waals surface area contributed by atoms with E-state index in [1.807, 2.05) is 0 Å². The molecule has 3 N–H and O–H groups in total. The highest BCUT2D eigenvalue weighted by atomic mass is 16.1. The molecule has 0 aromatic heterocycles. The van der Waals surface area contributed by atoms with Gasteiger partial charge in [-0.3, -0.25) is 9.59 Å². The maximum Gasteiger partial charge on any atom is 0.229 e. The highest BCUT2D eigenvalue weighted by molar-refractivity contribution is 5.90. The van der Waals surface area contributed by atoms with Crippen molar-refractivity contribution in [2.45, 2.75) is 13.3 Å². The van der Waals surface area contributed by atoms with Gasteiger partial charge in [-0.1, -0.05) is 24.0 Å². The van der Waals surface area contributed by atoms with Gasteiger partial charge in [-0.15, -0.1) is 0 Å². The van der Waals surface area contributed by atoms with Crippen LogP contribution in [0.25, 0.3) is 0 Å². The average Bonchev–Trinajstić information content (AvgIpc) is 2.19. The smallest absolute Gasteiger partial charge is 0.229 e. The number of hydrogen-bond donors (Lipinski definition) is 2. The van der Waals surface area contributed by atoms with Gasteiger partial charge in [0.25, 0.3) is 0 Å². The monoisotopic (exact) mass is 216 g/mol. The quantitative estimate of drug-likeness (QED) is 0.720. The lowest BCUT2D eigenvalue weighted by atomic mass is 10.1. The number of primary amides is 1. The SMILES string of the molecule is CC(=O)Nc1ccccc1C#CCC(N)=O. The molecule has 0 saturated heterocycles. The van der Waals surface area contributed by atoms with Crippen molar-refractivity contribution in [3.8, 4) is 11.8 Å². The van der Waals surface area contributed by atoms with Gasteiger partial charge in [-0.25, -0.2) is 0 Å². The van der Waals surface area contributed by atoms with E-state index in [0.717, 1.165) is 0 Å². The minimum absolute atomic E-state index is 0.00834. The third kappa shape index (κ3) is 3.84. The lowest BCUT2D eigenvalue weighted by Crippen LogP contribution is -2.08. The van der Waals surface area contributed by atoms with E-state index in [0.29, 0.717) is 11.3 Å². The number of rotatable bonds is 2. The van der Waals surface area contributed by atoms with Crippen molar-refractivity contribution in [3.63, 3.8) is 0 Å². The molecule has 0 aliphatic heterocycles. The topological polar surface area (TPSA) is 72.2 Å². The molecule has 4 heteroatoms. The molecule has 2 amide bonds. The zero-order valence-corrected chi connectivity index (χ0v) is 8.91. The number of nitrogens with two attached hydrogens (primary N) is 1. The molecule has 0 spiro atoms. The zero-order valence-electron chi connectivity index (χ0n) is 8.91. The van der Waals surface area contributed by atoms with Crippen LogP contribution in [0.1, 0.15) is 18.9 Å². The molecule has 0 aliphatic carbocycles. The van der Waals surface area contributed by atoms with Crippen LogP contribution in [0.3, 0.4) is 0 Å². The third-order valence-electron chi connectivity index (χ3n) is 1.72. The van der Waals surface area contributed by atoms with Crippen molar-refractivity contribution in [3.05, 3.63) is 29.8 Å². The van der Waals surface area contributed by atoms with E-state index in [1.54, 1.807) is 24.3 Å². The van der Waals surface area contributed by atoms with Gasteiger partial charge in [0, 0.05) is 12.5 Å². The number of benzene rings is 1. The molecule has 0 unspecified atom stereocenters. The molecule has 0 heterocycles. The van der Waals surface area contributed by atoms with Crippen LogP contribution in [-0.4, -0.2) is 11.8 Å². The second kappa shape index (κ2) is 5.56. The molecule has 0 atom stereocenters. The molecule has 82 valence electrons. The number of amides is 2. The fourth-order valence-electron chi connectivity index (χ4n) is 1.12. The van der Waals surface area contributed by atoms with Crippen molar-refractivity contribution in [1.29, 1.82) is 0 Å². The predicted molar refractivity (Wildman–Crippen MR) is 61.4 cm³/mol. The van der Waals surface area contributed by atoms with Crippen molar-refractivity contribution >= 4 is 17.5 Å². The van der Waals surface area contributed by atoms with Crippen LogP contribution in [0.2, 0.25) is 0 Å². The molecular weight excluding hydrogens is 204 g/mol. The summed E-state index contributed by atoms with van der Waals surface area (Å²) in [6.07, 6.45) is 0.00834. The van der Waals surface area contributed by atoms with E-state index < -0.39 is 5.91 Å². The Kier molecular flexibility index (Phi) is 4.10. The summed E-state index contributed by atoms with van der Waals surface area (Å²) in [5.74, 6) is 4.79. The molecule has 16 heavy (non-hydrogen) atoms. The highest BCUT2D eigenvalue weighted by Crippen LogP contribution is 2.13. The maximum absolute atomic E-state index is 10.9. The molecule has 0 radical (unpaired) electrons. The predicted octanol–water partition coefficient (Wildman–Crippen LogP) is 0.872. The number of carbonyl (C=O) groups excluding carboxylic acids is 2. The Hall–Kier alpha value is -2.28. The number of para-hydroxylation sites is 1. The molecule has 1 aromatic rings. The summed E-state index contributed by atoms with van der Waals surface area (Å²) < 4.78 is 0. The van der Waals surface area contributed by atoms with Crippen molar-refractivity contribution < 1.29 is 9.59 Å². The Morgan fingerprint density at radius 2 is 2.06 bits per heavy atom. The second-order valence-electron chi connectivity index (χ2n) is 3.17. The van der Waals surface area contributed by atoms with Crippen LogP contribution in [0.5, 0.6) is 0 Å². The molecule has 0 bridgehead atoms. The van der Waals surface area contributed by atoms with Crippen LogP contribution < -0.4 is 11.1 Å². The first-order chi connectivity index (χ1) is 7.59. The third-order valence-corrected chi connectivity index (χ3v) is 1.72. The summed E-state index contributed by atoms with van der Waals surface area (Å²) >= 11 is 0. The fourth-order valence-corrected chi connectivity index (χ4v) is 1.12. The molecule has 1 aromatic carbocycles. The number of hydrogen-bond acceptors (Lipinski definition) is 2. The van der Waals surface area contributed by atoms with E-state index in [-0.39, 0.29) is 12.3 Å². The summed E-state index contributed by atoms with van der Waals surface area (Å²) in [6.45, 7) is 1.42. The summed E-state index contributed by atoms with van der Waals surface area (Å²) in [7, 11) is 0. The molecule has 0 aliphatic rings. The lowest BCUT2D eigenvalue weighted by Gasteiger charge is -2.03. The fraction of sp³-hybridized carbons (Fsp3) is 0.167. The van der Waals surface area contributed by atoms with Gasteiger partial charge < -0.3 is 11.1 Å². The Morgan fingerprint density at radius 3 is 2.69 bits per heavy atom. The number of carbonyl (C=O) groups is 2. The molecule has 1 rings (SSSR count). The van der Waals surface area contributed by atoms with Crippen LogP contribution >= 0.6 is 0 Å². The Morgan fingerprint density at radius 1 is 1.38 bits per heavy atom. The van der Waals surface area contributed by atoms with Gasteiger partial charge in [0.2, 0.25) is 11.8 Å². The Labute approximate surface area is 93.8 Å². The van der Waals surface area contributed by atoms with Crippen molar-refractivity contribution in [2.75, 3.05) is 5.32 Å². The van der Waals surface area contributed by atoms with E-state index >= 15 is 0 Å². The normalized spacial score (nSPS) is 8.81. The van der Waals surface area contributed by atoms with Gasteiger partial charge in [0.1, 0.15) is 0 Å². The van der Waals surface area contributed by atoms with Gasteiger partial charge in [0.15, 0.2) is 0 Å². The largest absolute Gasteiger partial charge is 0.369 e. The van der Waals surface area contributed by atoms with Crippen molar-refractivity contribution in [1.82, 2.24) is 0 Å². The van der Waals surface area contributed by atoms with Crippen molar-refractivity contribution in [2.24, 2.45) is 5.73 Å². The average molecular weight is 216 g/mol. The summed E-state index contributed by atoms with van der Waals surface area (Å²) in [6, 6.07) is 7.11. The summed E-state index contributed by atoms with van der Waals surface area (Å²) in [4.78, 5) is 21.4. The zero-order chi connectivity index (χ0) is 12.0. The first kappa shape index (κ1) is 11.8. The molecule has 0 fully saturated rings. The first-order valence-electron chi connectivity index (χ1n) is 4.73. The van der Waals surface area contributed by atoms with Crippen LogP contribution in [-0.2, 0) is 9.59 Å². The van der Waals surface area contributed by atoms with Gasteiger partial charge in [-0.2, -0.15) is 0 Å². The summed E-state index contributed by atoms with van der Waals surface area (Å²) in [5.41, 5.74) is 6.26. The second-order valence-corrected chi connectivity index (χ2v) is 3.17. The van der Waals surface area contributed by atoms with Crippen LogP contribution in [0.4, 0.5) is 5.69 Å². The van der Waals surface area contributed by atoms with E-state index in [1.165, 1.54) is 6.92 Å². The molecule has 0 saturated carbocycles. The van der Waals surface area contributed by atoms with Gasteiger partial charge in [-0.05, 0) is 12.1 Å².